The zero-order valence-electron chi connectivity index (χ0n) is 14.3. The molecule has 140 valence electrons. The number of carbonyl (C=O) groups is 1. The summed E-state index contributed by atoms with van der Waals surface area (Å²) in [5.41, 5.74) is 1.28. The maximum atomic E-state index is 13.2. The molecule has 8 heteroatoms. The summed E-state index contributed by atoms with van der Waals surface area (Å²) in [4.78, 5) is 12.3. The van der Waals surface area contributed by atoms with Gasteiger partial charge in [0.2, 0.25) is 0 Å². The predicted molar refractivity (Wildman–Crippen MR) is 103 cm³/mol. The van der Waals surface area contributed by atoms with Crippen LogP contribution in [0.4, 0.5) is 10.1 Å². The molecule has 5 nitrogen and oxygen atoms in total. The summed E-state index contributed by atoms with van der Waals surface area (Å²) in [7, 11) is 0. The first-order valence-corrected chi connectivity index (χ1v) is 8.86. The topological polar surface area (TPSA) is 56.1 Å². The van der Waals surface area contributed by atoms with Crippen molar-refractivity contribution in [2.75, 3.05) is 5.32 Å². The van der Waals surface area contributed by atoms with Crippen molar-refractivity contribution in [3.63, 3.8) is 0 Å². The molecule has 0 bridgehead atoms. The highest BCUT2D eigenvalue weighted by Crippen LogP contribution is 2.28. The largest absolute Gasteiger partial charge is 0.479 e. The molecule has 2 aromatic carbocycles. The molecule has 0 saturated heterocycles. The summed E-state index contributed by atoms with van der Waals surface area (Å²) in [6, 6.07) is 11.0. The molecule has 27 heavy (non-hydrogen) atoms. The van der Waals surface area contributed by atoms with Crippen molar-refractivity contribution >= 4 is 34.8 Å². The van der Waals surface area contributed by atoms with Crippen molar-refractivity contribution in [1.29, 1.82) is 0 Å². The summed E-state index contributed by atoms with van der Waals surface area (Å²) in [6.07, 6.45) is 2.39. The molecular weight excluding hydrogens is 392 g/mol. The number of aromatic nitrogens is 2. The molecular formula is C19H16Cl2FN3O2. The Kier molecular flexibility index (Phi) is 5.98. The number of halogens is 3. The lowest BCUT2D eigenvalue weighted by atomic mass is 10.2. The van der Waals surface area contributed by atoms with Crippen LogP contribution >= 0.6 is 23.2 Å². The predicted octanol–water partition coefficient (Wildman–Crippen LogP) is 4.78. The summed E-state index contributed by atoms with van der Waals surface area (Å²) in [5.74, 6) is -0.295. The minimum Gasteiger partial charge on any atom is -0.479 e. The van der Waals surface area contributed by atoms with Crippen LogP contribution < -0.4 is 10.1 Å². The molecule has 1 N–H and O–H groups in total. The van der Waals surface area contributed by atoms with Gasteiger partial charge in [-0.05, 0) is 42.8 Å². The van der Waals surface area contributed by atoms with Gasteiger partial charge in [-0.2, -0.15) is 5.10 Å². The molecule has 0 radical (unpaired) electrons. The van der Waals surface area contributed by atoms with E-state index in [-0.39, 0.29) is 11.7 Å². The van der Waals surface area contributed by atoms with Gasteiger partial charge in [0.05, 0.1) is 23.5 Å². The fourth-order valence-electron chi connectivity index (χ4n) is 2.40. The Morgan fingerprint density at radius 3 is 2.85 bits per heavy atom. The number of rotatable bonds is 6. The van der Waals surface area contributed by atoms with Crippen LogP contribution in [-0.2, 0) is 11.3 Å². The molecule has 1 amide bonds. The molecule has 1 aromatic heterocycles. The molecule has 1 atom stereocenters. The van der Waals surface area contributed by atoms with E-state index in [1.54, 1.807) is 48.1 Å². The van der Waals surface area contributed by atoms with E-state index >= 15 is 0 Å². The molecule has 0 aliphatic heterocycles. The fourth-order valence-corrected chi connectivity index (χ4v) is 2.85. The molecule has 0 saturated carbocycles. The Bertz CT molecular complexity index is 962. The quantitative estimate of drug-likeness (QED) is 0.639. The Labute approximate surface area is 165 Å². The summed E-state index contributed by atoms with van der Waals surface area (Å²) in [6.45, 7) is 2.00. The highest BCUT2D eigenvalue weighted by atomic mass is 35.5. The highest BCUT2D eigenvalue weighted by molar-refractivity contribution is 6.35. The van der Waals surface area contributed by atoms with Crippen LogP contribution in [-0.4, -0.2) is 21.8 Å². The van der Waals surface area contributed by atoms with Crippen LogP contribution in [0.15, 0.2) is 54.9 Å². The van der Waals surface area contributed by atoms with E-state index in [9.17, 15) is 9.18 Å². The third-order valence-electron chi connectivity index (χ3n) is 3.70. The standard InChI is InChI=1S/C19H16Cl2FN3O2/c1-12(27-18-6-5-14(20)8-17(18)21)19(26)24-16-9-23-25(11-16)10-13-3-2-4-15(22)7-13/h2-9,11-12H,10H2,1H3,(H,24,26). The second-order valence-electron chi connectivity index (χ2n) is 5.88. The molecule has 0 spiro atoms. The Balaban J connectivity index is 1.60. The van der Waals surface area contributed by atoms with Gasteiger partial charge in [-0.1, -0.05) is 35.3 Å². The van der Waals surface area contributed by atoms with Crippen LogP contribution in [0.1, 0.15) is 12.5 Å². The normalized spacial score (nSPS) is 11.9. The average molecular weight is 408 g/mol. The van der Waals surface area contributed by atoms with Crippen molar-refractivity contribution in [1.82, 2.24) is 9.78 Å². The Hall–Kier alpha value is -2.57. The van der Waals surface area contributed by atoms with Crippen molar-refractivity contribution in [3.8, 4) is 5.75 Å². The molecule has 3 rings (SSSR count). The van der Waals surface area contributed by atoms with Gasteiger partial charge >= 0.3 is 0 Å². The monoisotopic (exact) mass is 407 g/mol. The Morgan fingerprint density at radius 1 is 1.30 bits per heavy atom. The van der Waals surface area contributed by atoms with E-state index in [4.69, 9.17) is 27.9 Å². The molecule has 3 aromatic rings. The molecule has 1 unspecified atom stereocenters. The van der Waals surface area contributed by atoms with E-state index in [1.165, 1.54) is 18.3 Å². The van der Waals surface area contributed by atoms with Gasteiger partial charge in [0, 0.05) is 11.2 Å². The van der Waals surface area contributed by atoms with Crippen LogP contribution in [0.25, 0.3) is 0 Å². The number of hydrogen-bond acceptors (Lipinski definition) is 3. The third-order valence-corrected chi connectivity index (χ3v) is 4.23. The van der Waals surface area contributed by atoms with E-state index in [2.05, 4.69) is 10.4 Å². The zero-order valence-corrected chi connectivity index (χ0v) is 15.8. The SMILES string of the molecule is CC(Oc1ccc(Cl)cc1Cl)C(=O)Nc1cnn(Cc2cccc(F)c2)c1. The zero-order chi connectivity index (χ0) is 19.4. The fraction of sp³-hybridized carbons (Fsp3) is 0.158. The first kappa shape index (κ1) is 19.2. The minimum atomic E-state index is -0.782. The lowest BCUT2D eigenvalue weighted by molar-refractivity contribution is -0.122. The van der Waals surface area contributed by atoms with E-state index < -0.39 is 6.10 Å². The van der Waals surface area contributed by atoms with Crippen molar-refractivity contribution in [2.45, 2.75) is 19.6 Å². The maximum absolute atomic E-state index is 13.2. The van der Waals surface area contributed by atoms with E-state index in [1.807, 2.05) is 0 Å². The number of nitrogens with zero attached hydrogens (tertiary/aromatic N) is 2. The second kappa shape index (κ2) is 8.41. The Morgan fingerprint density at radius 2 is 2.11 bits per heavy atom. The van der Waals surface area contributed by atoms with Gasteiger partial charge in [-0.3, -0.25) is 9.48 Å². The summed E-state index contributed by atoms with van der Waals surface area (Å²) >= 11 is 11.9. The van der Waals surface area contributed by atoms with Crippen LogP contribution in [0.5, 0.6) is 5.75 Å². The first-order valence-electron chi connectivity index (χ1n) is 8.10. The summed E-state index contributed by atoms with van der Waals surface area (Å²) < 4.78 is 20.4. The van der Waals surface area contributed by atoms with E-state index in [0.29, 0.717) is 28.0 Å². The second-order valence-corrected chi connectivity index (χ2v) is 6.72. The number of ether oxygens (including phenoxy) is 1. The van der Waals surface area contributed by atoms with E-state index in [0.717, 1.165) is 5.56 Å². The van der Waals surface area contributed by atoms with Crippen LogP contribution in [0.2, 0.25) is 10.0 Å². The van der Waals surface area contributed by atoms with Gasteiger partial charge in [0.1, 0.15) is 11.6 Å². The van der Waals surface area contributed by atoms with Gasteiger partial charge in [-0.25, -0.2) is 4.39 Å². The molecule has 1 heterocycles. The number of benzene rings is 2. The third kappa shape index (κ3) is 5.21. The highest BCUT2D eigenvalue weighted by Gasteiger charge is 2.17. The van der Waals surface area contributed by atoms with Gasteiger partial charge in [-0.15, -0.1) is 0 Å². The minimum absolute atomic E-state index is 0.306. The molecule has 0 fully saturated rings. The lowest BCUT2D eigenvalue weighted by Crippen LogP contribution is -2.30. The number of carbonyl (C=O) groups excluding carboxylic acids is 1. The number of hydrogen-bond donors (Lipinski definition) is 1. The number of anilines is 1. The van der Waals surface area contributed by atoms with Crippen molar-refractivity contribution in [2.24, 2.45) is 0 Å². The first-order chi connectivity index (χ1) is 12.9. The van der Waals surface area contributed by atoms with Gasteiger partial charge in [0.15, 0.2) is 6.10 Å². The van der Waals surface area contributed by atoms with Crippen molar-refractivity contribution < 1.29 is 13.9 Å². The van der Waals surface area contributed by atoms with Crippen LogP contribution in [0, 0.1) is 5.82 Å². The van der Waals surface area contributed by atoms with Gasteiger partial charge in [0.25, 0.3) is 5.91 Å². The van der Waals surface area contributed by atoms with Gasteiger partial charge < -0.3 is 10.1 Å². The average Bonchev–Trinajstić information content (AvgIpc) is 3.04. The number of amides is 1. The molecule has 0 aliphatic rings. The maximum Gasteiger partial charge on any atom is 0.265 e. The molecule has 0 aliphatic carbocycles. The van der Waals surface area contributed by atoms with Crippen molar-refractivity contribution in [3.05, 3.63) is 76.3 Å². The van der Waals surface area contributed by atoms with Crippen LogP contribution in [0.3, 0.4) is 0 Å². The number of nitrogens with one attached hydrogen (secondary N) is 1. The smallest absolute Gasteiger partial charge is 0.265 e. The lowest BCUT2D eigenvalue weighted by Gasteiger charge is -2.15. The summed E-state index contributed by atoms with van der Waals surface area (Å²) in [5, 5.41) is 7.69.